The highest BCUT2D eigenvalue weighted by Crippen LogP contribution is 2.78. The van der Waals surface area contributed by atoms with Gasteiger partial charge in [-0.05, 0) is 36.4 Å². The number of hydrogen-bond acceptors (Lipinski definition) is 1. The molecule has 0 aliphatic rings. The molecule has 0 spiro atoms. The second-order valence-electron chi connectivity index (χ2n) is 8.05. The fourth-order valence-corrected chi connectivity index (χ4v) is 16.8. The number of nitrogens with zero attached hydrogens (tertiary/aromatic N) is 3. The van der Waals surface area contributed by atoms with Gasteiger partial charge in [0.1, 0.15) is 15.9 Å². The molecule has 0 N–H and O–H groups in total. The largest absolute Gasteiger partial charge is 0.254 e. The summed E-state index contributed by atoms with van der Waals surface area (Å²) in [6.45, 7) is 11.4. The molecule has 8 heteroatoms. The molecule has 0 saturated carbocycles. The molecule has 188 valence electrons. The lowest BCUT2D eigenvalue weighted by Crippen LogP contribution is -2.39. The van der Waals surface area contributed by atoms with Gasteiger partial charge in [0.05, 0.1) is 0 Å². The number of rotatable bonds is 10. The fraction of sp³-hybridized carbons (Fsp3) is 0.333. The molecule has 0 bridgehead atoms. The van der Waals surface area contributed by atoms with Gasteiger partial charge < -0.3 is 0 Å². The summed E-state index contributed by atoms with van der Waals surface area (Å²) in [4.78, 5) is 0. The zero-order valence-electron chi connectivity index (χ0n) is 20.9. The number of alkyl halides is 3. The topological polar surface area (TPSA) is 18.8 Å². The maximum atomic E-state index is 7.05. The summed E-state index contributed by atoms with van der Waals surface area (Å²) in [5.41, 5.74) is 0. The third kappa shape index (κ3) is 5.53. The fourth-order valence-electron chi connectivity index (χ4n) is 4.62. The molecule has 3 nitrogen and oxygen atoms in total. The van der Waals surface area contributed by atoms with E-state index in [1.807, 2.05) is 18.2 Å². The van der Waals surface area contributed by atoms with Crippen LogP contribution in [0.1, 0.15) is 27.7 Å². The van der Waals surface area contributed by atoms with Crippen molar-refractivity contribution in [3.05, 3.63) is 91.0 Å². The van der Waals surface area contributed by atoms with E-state index in [4.69, 9.17) is 39.3 Å². The first-order valence-electron chi connectivity index (χ1n) is 12.1. The maximum Gasteiger partial charge on any atom is 0.254 e. The molecule has 3 aromatic rings. The smallest absolute Gasteiger partial charge is 0.252 e. The summed E-state index contributed by atoms with van der Waals surface area (Å²) in [7, 11) is -5.47. The van der Waals surface area contributed by atoms with Crippen LogP contribution in [0.25, 0.3) is 0 Å². The first-order chi connectivity index (χ1) is 16.8. The molecule has 35 heavy (non-hydrogen) atoms. The molecule has 0 aliphatic heterocycles. The van der Waals surface area contributed by atoms with E-state index in [1.54, 1.807) is 0 Å². The molecule has 0 heterocycles. The van der Waals surface area contributed by atoms with Crippen molar-refractivity contribution in [2.75, 3.05) is 26.2 Å². The first-order valence-corrected chi connectivity index (χ1v) is 16.6. The van der Waals surface area contributed by atoms with Gasteiger partial charge in [-0.25, -0.2) is 0 Å². The van der Waals surface area contributed by atoms with Gasteiger partial charge in [-0.1, -0.05) is 122 Å². The molecule has 0 aromatic heterocycles. The standard InChI is InChI=1S/C27H35Cl3N3P2/c1-5-32(6-2)35(27(28,29)30,33(7-3)8-4)31-34(24-18-12-9-13-19-24,25-20-14-10-15-21-25)26-22-16-11-17-23-26/h9-23H,5-8H2,1-4H3/q+1. The summed E-state index contributed by atoms with van der Waals surface area (Å²) in [5.74, 6) is 0. The van der Waals surface area contributed by atoms with Crippen molar-refractivity contribution in [2.45, 2.75) is 31.2 Å². The van der Waals surface area contributed by atoms with Crippen LogP contribution in [0.4, 0.5) is 0 Å². The molecule has 0 unspecified atom stereocenters. The zero-order chi connectivity index (χ0) is 25.5. The summed E-state index contributed by atoms with van der Waals surface area (Å²) in [6.07, 6.45) is 0. The second kappa shape index (κ2) is 12.6. The summed E-state index contributed by atoms with van der Waals surface area (Å²) in [5, 5.41) is 3.45. The predicted molar refractivity (Wildman–Crippen MR) is 161 cm³/mol. The Morgan fingerprint density at radius 2 is 0.886 bits per heavy atom. The van der Waals surface area contributed by atoms with E-state index in [1.165, 1.54) is 0 Å². The molecule has 3 rings (SSSR count). The van der Waals surface area contributed by atoms with Crippen molar-refractivity contribution in [3.63, 3.8) is 0 Å². The minimum atomic E-state index is -2.88. The predicted octanol–water partition coefficient (Wildman–Crippen LogP) is 7.94. The van der Waals surface area contributed by atoms with Crippen LogP contribution in [-0.4, -0.2) is 39.1 Å². The molecular formula is C27H35Cl3N3P2+. The molecule has 0 saturated heterocycles. The third-order valence-corrected chi connectivity index (χ3v) is 16.9. The van der Waals surface area contributed by atoms with Crippen molar-refractivity contribution >= 4 is 65.5 Å². The number of benzene rings is 3. The average molecular weight is 570 g/mol. The molecule has 0 radical (unpaired) electrons. The highest BCUT2D eigenvalue weighted by Gasteiger charge is 2.57. The minimum absolute atomic E-state index is 0.733. The van der Waals surface area contributed by atoms with Crippen LogP contribution in [0.15, 0.2) is 95.5 Å². The molecule has 3 aromatic carbocycles. The summed E-state index contributed by atoms with van der Waals surface area (Å²) in [6, 6.07) is 31.7. The lowest BCUT2D eigenvalue weighted by atomic mass is 10.4. The van der Waals surface area contributed by atoms with E-state index in [-0.39, 0.29) is 0 Å². The van der Waals surface area contributed by atoms with Gasteiger partial charge in [0.25, 0.3) is 3.53 Å². The Kier molecular flexibility index (Phi) is 10.3. The Hall–Kier alpha value is -0.890. The van der Waals surface area contributed by atoms with Crippen molar-refractivity contribution in [1.82, 2.24) is 9.34 Å². The molecule has 0 atom stereocenters. The van der Waals surface area contributed by atoms with E-state index in [9.17, 15) is 0 Å². The van der Waals surface area contributed by atoms with E-state index < -0.39 is 18.3 Å². The van der Waals surface area contributed by atoms with Crippen LogP contribution >= 0.6 is 49.6 Å². The van der Waals surface area contributed by atoms with Crippen molar-refractivity contribution in [3.8, 4) is 0 Å². The van der Waals surface area contributed by atoms with E-state index >= 15 is 0 Å². The molecule has 0 aliphatic carbocycles. The number of halogens is 3. The lowest BCUT2D eigenvalue weighted by molar-refractivity contribution is 0.413. The Labute approximate surface area is 227 Å². The average Bonchev–Trinajstić information content (AvgIpc) is 2.89. The van der Waals surface area contributed by atoms with Gasteiger partial charge in [-0.2, -0.15) is 0 Å². The van der Waals surface area contributed by atoms with Crippen LogP contribution in [-0.2, 0) is 0 Å². The Balaban J connectivity index is 2.65. The van der Waals surface area contributed by atoms with Gasteiger partial charge in [0.2, 0.25) is 7.41 Å². The first kappa shape index (κ1) is 28.7. The maximum absolute atomic E-state index is 7.05. The van der Waals surface area contributed by atoms with Gasteiger partial charge in [0.15, 0.2) is 7.36 Å². The van der Waals surface area contributed by atoms with Crippen molar-refractivity contribution < 1.29 is 0 Å². The zero-order valence-corrected chi connectivity index (χ0v) is 24.9. The molecule has 0 fully saturated rings. The lowest BCUT2D eigenvalue weighted by Gasteiger charge is -2.46. The Morgan fingerprint density at radius 3 is 1.11 bits per heavy atom. The summed E-state index contributed by atoms with van der Waals surface area (Å²) >= 11 is 21.1. The minimum Gasteiger partial charge on any atom is -0.252 e. The van der Waals surface area contributed by atoms with Gasteiger partial charge in [-0.3, -0.25) is 9.34 Å². The third-order valence-electron chi connectivity index (χ3n) is 6.24. The highest BCUT2D eigenvalue weighted by atomic mass is 35.6. The van der Waals surface area contributed by atoms with Crippen LogP contribution in [0.2, 0.25) is 0 Å². The highest BCUT2D eigenvalue weighted by molar-refractivity contribution is 7.98. The summed E-state index contributed by atoms with van der Waals surface area (Å²) < 4.78 is 8.99. The monoisotopic (exact) mass is 568 g/mol. The Bertz CT molecular complexity index is 986. The van der Waals surface area contributed by atoms with Gasteiger partial charge >= 0.3 is 0 Å². The van der Waals surface area contributed by atoms with Crippen molar-refractivity contribution in [2.24, 2.45) is 4.52 Å². The van der Waals surface area contributed by atoms with Crippen LogP contribution in [0.3, 0.4) is 0 Å². The van der Waals surface area contributed by atoms with Gasteiger partial charge in [0, 0.05) is 26.2 Å². The molecule has 0 amide bonds. The number of hydrogen-bond donors (Lipinski definition) is 0. The molecular weight excluding hydrogens is 535 g/mol. The van der Waals surface area contributed by atoms with Crippen LogP contribution in [0.5, 0.6) is 0 Å². The van der Waals surface area contributed by atoms with Gasteiger partial charge in [-0.15, -0.1) is 0 Å². The second-order valence-corrected chi connectivity index (χ2v) is 17.6. The quantitative estimate of drug-likeness (QED) is 0.182. The normalized spacial score (nSPS) is 12.8. The van der Waals surface area contributed by atoms with E-state index in [0.29, 0.717) is 0 Å². The Morgan fingerprint density at radius 1 is 0.600 bits per heavy atom. The van der Waals surface area contributed by atoms with E-state index in [0.717, 1.165) is 42.1 Å². The van der Waals surface area contributed by atoms with Crippen LogP contribution < -0.4 is 15.9 Å². The SMILES string of the molecule is CCN(CC)P(=N[P+](c1ccccc1)(c1ccccc1)c1ccccc1)(N(CC)CC)C(Cl)(Cl)Cl. The van der Waals surface area contributed by atoms with E-state index in [2.05, 4.69) is 110 Å². The van der Waals surface area contributed by atoms with Crippen LogP contribution in [0, 0.1) is 0 Å². The van der Waals surface area contributed by atoms with Crippen molar-refractivity contribution in [1.29, 1.82) is 0 Å².